The molecule has 2 aliphatic heterocycles. The molecule has 5 rings (SSSR count). The second-order valence-electron chi connectivity index (χ2n) is 11.4. The second-order valence-corrected chi connectivity index (χ2v) is 12.4. The summed E-state index contributed by atoms with van der Waals surface area (Å²) in [4.78, 5) is 31.6. The molecule has 2 aromatic carbocycles. The Kier molecular flexibility index (Phi) is 11.1. The molecule has 2 aliphatic rings. The number of hydrogen-bond donors (Lipinski definition) is 0. The first kappa shape index (κ1) is 30.4. The molecule has 3 heterocycles. The molecule has 0 unspecified atom stereocenters. The molecule has 0 aliphatic carbocycles. The fourth-order valence-electron chi connectivity index (χ4n) is 5.92. The third-order valence-corrected chi connectivity index (χ3v) is 9.30. The highest BCUT2D eigenvalue weighted by molar-refractivity contribution is 7.17. The Balaban J connectivity index is 1.02. The van der Waals surface area contributed by atoms with Crippen LogP contribution in [-0.4, -0.2) is 62.8 Å². The highest BCUT2D eigenvalue weighted by atomic mass is 32.1. The van der Waals surface area contributed by atoms with Crippen LogP contribution in [0.25, 0.3) is 10.1 Å². The van der Waals surface area contributed by atoms with E-state index in [1.165, 1.54) is 28.6 Å². The summed E-state index contributed by atoms with van der Waals surface area (Å²) in [6, 6.07) is 14.8. The smallest absolute Gasteiger partial charge is 0.307 e. The SMILES string of the molecule is CCCCCCCC(=O)OCN1C(=O)CCc2ccc(OCCCCN3CCN(c4cccc5sccc45)CC3)cc21. The van der Waals surface area contributed by atoms with Gasteiger partial charge in [-0.2, -0.15) is 0 Å². The Morgan fingerprint density at radius 1 is 0.905 bits per heavy atom. The van der Waals surface area contributed by atoms with Crippen molar-refractivity contribution in [3.05, 3.63) is 53.4 Å². The standard InChI is InChI=1S/C34H45N3O4S/c1-2-3-4-5-6-12-34(39)41-26-37-31-25-28(15-13-27(31)14-16-33(37)38)40-23-8-7-18-35-19-21-36(22-20-35)30-10-9-11-32-29(30)17-24-42-32/h9-11,13,15,17,24-25H,2-8,12,14,16,18-23,26H2,1H3. The molecule has 0 N–H and O–H groups in total. The number of benzene rings is 2. The van der Waals surface area contributed by atoms with E-state index < -0.39 is 0 Å². The number of piperazine rings is 1. The van der Waals surface area contributed by atoms with Gasteiger partial charge >= 0.3 is 5.97 Å². The van der Waals surface area contributed by atoms with Gasteiger partial charge in [0.2, 0.25) is 5.91 Å². The van der Waals surface area contributed by atoms with Crippen LogP contribution in [0.2, 0.25) is 0 Å². The summed E-state index contributed by atoms with van der Waals surface area (Å²) in [7, 11) is 0. The van der Waals surface area contributed by atoms with Gasteiger partial charge in [-0.05, 0) is 67.4 Å². The average molecular weight is 592 g/mol. The normalized spacial score (nSPS) is 15.7. The molecule has 8 heteroatoms. The van der Waals surface area contributed by atoms with Gasteiger partial charge in [-0.15, -0.1) is 11.3 Å². The minimum Gasteiger partial charge on any atom is -0.494 e. The molecule has 0 radical (unpaired) electrons. The quantitative estimate of drug-likeness (QED) is 0.140. The van der Waals surface area contributed by atoms with Crippen molar-refractivity contribution < 1.29 is 19.1 Å². The van der Waals surface area contributed by atoms with Crippen LogP contribution in [0.1, 0.15) is 70.3 Å². The summed E-state index contributed by atoms with van der Waals surface area (Å²) in [6.45, 7) is 8.15. The second kappa shape index (κ2) is 15.4. The first-order chi connectivity index (χ1) is 20.6. The molecule has 0 atom stereocenters. The largest absolute Gasteiger partial charge is 0.494 e. The molecule has 0 bridgehead atoms. The fourth-order valence-corrected chi connectivity index (χ4v) is 6.73. The fraction of sp³-hybridized carbons (Fsp3) is 0.529. The number of carbonyl (C=O) groups is 2. The molecule has 0 spiro atoms. The van der Waals surface area contributed by atoms with Crippen LogP contribution in [0.15, 0.2) is 47.8 Å². The zero-order valence-electron chi connectivity index (χ0n) is 25.0. The van der Waals surface area contributed by atoms with Crippen LogP contribution >= 0.6 is 11.3 Å². The number of thiophene rings is 1. The lowest BCUT2D eigenvalue weighted by molar-refractivity contribution is -0.144. The van der Waals surface area contributed by atoms with E-state index in [2.05, 4.69) is 46.4 Å². The molecular formula is C34H45N3O4S. The van der Waals surface area contributed by atoms with Gasteiger partial charge in [-0.3, -0.25) is 19.4 Å². The van der Waals surface area contributed by atoms with E-state index in [4.69, 9.17) is 9.47 Å². The van der Waals surface area contributed by atoms with Gasteiger partial charge in [0, 0.05) is 60.9 Å². The van der Waals surface area contributed by atoms with Crippen molar-refractivity contribution in [3.63, 3.8) is 0 Å². The van der Waals surface area contributed by atoms with E-state index in [1.54, 1.807) is 4.90 Å². The van der Waals surface area contributed by atoms with Gasteiger partial charge in [-0.25, -0.2) is 0 Å². The molecule has 1 amide bonds. The van der Waals surface area contributed by atoms with Crippen molar-refractivity contribution in [2.45, 2.75) is 71.1 Å². The van der Waals surface area contributed by atoms with Gasteiger partial charge in [0.1, 0.15) is 5.75 Å². The van der Waals surface area contributed by atoms with E-state index in [9.17, 15) is 9.59 Å². The summed E-state index contributed by atoms with van der Waals surface area (Å²) < 4.78 is 12.9. The molecule has 226 valence electrons. The third-order valence-electron chi connectivity index (χ3n) is 8.42. The number of fused-ring (bicyclic) bond motifs is 2. The van der Waals surface area contributed by atoms with Gasteiger partial charge in [0.15, 0.2) is 6.73 Å². The van der Waals surface area contributed by atoms with Crippen molar-refractivity contribution in [3.8, 4) is 5.75 Å². The number of esters is 1. The summed E-state index contributed by atoms with van der Waals surface area (Å²) in [5.41, 5.74) is 3.26. The van der Waals surface area contributed by atoms with Crippen LogP contribution < -0.4 is 14.5 Å². The lowest BCUT2D eigenvalue weighted by atomic mass is 10.0. The van der Waals surface area contributed by atoms with Crippen molar-refractivity contribution in [2.24, 2.45) is 0 Å². The number of rotatable bonds is 15. The first-order valence-electron chi connectivity index (χ1n) is 15.8. The van der Waals surface area contributed by atoms with Crippen molar-refractivity contribution in [1.82, 2.24) is 4.90 Å². The van der Waals surface area contributed by atoms with Crippen LogP contribution in [-0.2, 0) is 20.7 Å². The maximum Gasteiger partial charge on any atom is 0.307 e. The van der Waals surface area contributed by atoms with E-state index >= 15 is 0 Å². The summed E-state index contributed by atoms with van der Waals surface area (Å²) in [6.07, 6.45) is 9.00. The van der Waals surface area contributed by atoms with Crippen LogP contribution in [0.4, 0.5) is 11.4 Å². The summed E-state index contributed by atoms with van der Waals surface area (Å²) in [5.74, 6) is 0.509. The molecule has 1 fully saturated rings. The molecule has 3 aromatic rings. The average Bonchev–Trinajstić information content (AvgIpc) is 3.50. The predicted molar refractivity (Wildman–Crippen MR) is 172 cm³/mol. The maximum atomic E-state index is 12.7. The summed E-state index contributed by atoms with van der Waals surface area (Å²) >= 11 is 1.81. The highest BCUT2D eigenvalue weighted by Gasteiger charge is 2.26. The third kappa shape index (κ3) is 8.04. The Morgan fingerprint density at radius 3 is 2.62 bits per heavy atom. The minimum atomic E-state index is -0.236. The molecule has 42 heavy (non-hydrogen) atoms. The topological polar surface area (TPSA) is 62.3 Å². The number of hydrogen-bond acceptors (Lipinski definition) is 7. The van der Waals surface area contributed by atoms with E-state index in [0.717, 1.165) is 81.8 Å². The highest BCUT2D eigenvalue weighted by Crippen LogP contribution is 2.32. The molecular weight excluding hydrogens is 546 g/mol. The molecule has 7 nitrogen and oxygen atoms in total. The van der Waals surface area contributed by atoms with E-state index in [-0.39, 0.29) is 18.6 Å². The van der Waals surface area contributed by atoms with E-state index in [1.807, 2.05) is 29.5 Å². The number of carbonyl (C=O) groups excluding carboxylic acids is 2. The van der Waals surface area contributed by atoms with Gasteiger partial charge < -0.3 is 14.4 Å². The molecule has 1 aromatic heterocycles. The van der Waals surface area contributed by atoms with Crippen LogP contribution in [0, 0.1) is 0 Å². The number of amides is 1. The van der Waals surface area contributed by atoms with Gasteiger partial charge in [0.25, 0.3) is 0 Å². The number of ether oxygens (including phenoxy) is 2. The van der Waals surface area contributed by atoms with Crippen molar-refractivity contribution in [1.29, 1.82) is 0 Å². The van der Waals surface area contributed by atoms with Gasteiger partial charge in [0.05, 0.1) is 12.3 Å². The van der Waals surface area contributed by atoms with Crippen LogP contribution in [0.5, 0.6) is 5.75 Å². The zero-order valence-corrected chi connectivity index (χ0v) is 25.8. The lowest BCUT2D eigenvalue weighted by Crippen LogP contribution is -2.46. The maximum absolute atomic E-state index is 12.7. The summed E-state index contributed by atoms with van der Waals surface area (Å²) in [5, 5.41) is 3.55. The van der Waals surface area contributed by atoms with Gasteiger partial charge in [-0.1, -0.05) is 44.7 Å². The number of nitrogens with zero attached hydrogens (tertiary/aromatic N) is 3. The Bertz CT molecular complexity index is 1320. The van der Waals surface area contributed by atoms with E-state index in [0.29, 0.717) is 25.9 Å². The number of unbranched alkanes of at least 4 members (excludes halogenated alkanes) is 5. The Labute approximate surface area is 254 Å². The predicted octanol–water partition coefficient (Wildman–Crippen LogP) is 7.02. The zero-order chi connectivity index (χ0) is 29.1. The monoisotopic (exact) mass is 591 g/mol. The Morgan fingerprint density at radius 2 is 1.76 bits per heavy atom. The lowest BCUT2D eigenvalue weighted by Gasteiger charge is -2.36. The molecule has 0 saturated carbocycles. The van der Waals surface area contributed by atoms with Crippen molar-refractivity contribution >= 4 is 44.7 Å². The van der Waals surface area contributed by atoms with Crippen molar-refractivity contribution in [2.75, 3.05) is 55.9 Å². The first-order valence-corrected chi connectivity index (χ1v) is 16.7. The van der Waals surface area contributed by atoms with Crippen LogP contribution in [0.3, 0.4) is 0 Å². The minimum absolute atomic E-state index is 0.0116. The number of aryl methyl sites for hydroxylation is 1. The number of anilines is 2. The Hall–Kier alpha value is -3.10. The molecule has 1 saturated heterocycles.